The summed E-state index contributed by atoms with van der Waals surface area (Å²) in [7, 11) is 0. The molecule has 2 fully saturated rings. The number of hydrogen-bond donors (Lipinski definition) is 1. The smallest absolute Gasteiger partial charge is 0.253 e. The van der Waals surface area contributed by atoms with Crippen LogP contribution in [0.25, 0.3) is 22.5 Å². The summed E-state index contributed by atoms with van der Waals surface area (Å²) in [6.45, 7) is 5.41. The van der Waals surface area contributed by atoms with Crippen molar-refractivity contribution < 1.29 is 9.32 Å². The molecule has 5 aromatic rings. The Morgan fingerprint density at radius 2 is 1.85 bits per heavy atom. The molecule has 7 rings (SSSR count). The monoisotopic (exact) mass is 575 g/mol. The van der Waals surface area contributed by atoms with Gasteiger partial charge in [0.05, 0.1) is 27.3 Å². The van der Waals surface area contributed by atoms with E-state index in [1.165, 1.54) is 0 Å². The molecule has 1 aliphatic heterocycles. The maximum absolute atomic E-state index is 13.2. The number of nitrogens with zero attached hydrogens (tertiary/aromatic N) is 6. The van der Waals surface area contributed by atoms with Crippen molar-refractivity contribution in [3.8, 4) is 11.5 Å². The summed E-state index contributed by atoms with van der Waals surface area (Å²) in [6.07, 6.45) is 4.74. The van der Waals surface area contributed by atoms with Crippen LogP contribution < -0.4 is 10.2 Å². The van der Waals surface area contributed by atoms with E-state index in [4.69, 9.17) is 27.7 Å². The van der Waals surface area contributed by atoms with Crippen molar-refractivity contribution in [2.75, 3.05) is 18.0 Å². The molecule has 0 spiro atoms. The molecule has 4 heterocycles. The predicted molar refractivity (Wildman–Crippen MR) is 154 cm³/mol. The summed E-state index contributed by atoms with van der Waals surface area (Å²) in [5.41, 5.74) is 4.86. The highest BCUT2D eigenvalue weighted by molar-refractivity contribution is 6.34. The van der Waals surface area contributed by atoms with Gasteiger partial charge >= 0.3 is 0 Å². The van der Waals surface area contributed by atoms with E-state index in [9.17, 15) is 4.79 Å². The first-order valence-electron chi connectivity index (χ1n) is 13.4. The maximum Gasteiger partial charge on any atom is 0.253 e. The Hall–Kier alpha value is -3.82. The van der Waals surface area contributed by atoms with Gasteiger partial charge in [-0.1, -0.05) is 28.4 Å². The molecule has 40 heavy (non-hydrogen) atoms. The number of nitrogens with one attached hydrogen (secondary N) is 1. The highest BCUT2D eigenvalue weighted by Crippen LogP contribution is 2.38. The summed E-state index contributed by atoms with van der Waals surface area (Å²) in [4.78, 5) is 19.7. The van der Waals surface area contributed by atoms with Gasteiger partial charge in [-0.15, -0.1) is 0 Å². The van der Waals surface area contributed by atoms with E-state index >= 15 is 0 Å². The second-order valence-electron chi connectivity index (χ2n) is 10.7. The van der Waals surface area contributed by atoms with E-state index in [1.807, 2.05) is 44.2 Å². The molecule has 1 amide bonds. The van der Waals surface area contributed by atoms with Crippen LogP contribution in [0.4, 0.5) is 5.69 Å². The molecule has 3 aromatic heterocycles. The lowest BCUT2D eigenvalue weighted by molar-refractivity contribution is 0.0940. The Labute approximate surface area is 240 Å². The first-order chi connectivity index (χ1) is 19.4. The lowest BCUT2D eigenvalue weighted by Crippen LogP contribution is -2.37. The maximum atomic E-state index is 13.2. The van der Waals surface area contributed by atoms with Gasteiger partial charge < -0.3 is 14.7 Å². The number of hydrogen-bond acceptors (Lipinski definition) is 6. The molecule has 1 aliphatic carbocycles. The van der Waals surface area contributed by atoms with E-state index in [1.54, 1.807) is 23.1 Å². The Morgan fingerprint density at radius 1 is 1.05 bits per heavy atom. The number of fused-ring (bicyclic) bond motifs is 1. The highest BCUT2D eigenvalue weighted by atomic mass is 35.5. The van der Waals surface area contributed by atoms with E-state index in [0.717, 1.165) is 65.6 Å². The molecule has 11 heteroatoms. The van der Waals surface area contributed by atoms with E-state index in [0.29, 0.717) is 33.7 Å². The van der Waals surface area contributed by atoms with Crippen molar-refractivity contribution in [1.82, 2.24) is 29.8 Å². The van der Waals surface area contributed by atoms with Crippen molar-refractivity contribution in [2.45, 2.75) is 45.1 Å². The van der Waals surface area contributed by atoms with Gasteiger partial charge in [-0.3, -0.25) is 9.36 Å². The van der Waals surface area contributed by atoms with E-state index < -0.39 is 0 Å². The fourth-order valence-corrected chi connectivity index (χ4v) is 5.97. The van der Waals surface area contributed by atoms with Gasteiger partial charge in [0, 0.05) is 41.5 Å². The van der Waals surface area contributed by atoms with Gasteiger partial charge in [-0.2, -0.15) is 5.10 Å². The van der Waals surface area contributed by atoms with Gasteiger partial charge in [0.2, 0.25) is 0 Å². The molecule has 0 unspecified atom stereocenters. The topological polar surface area (TPSA) is 94.0 Å². The Bertz CT molecular complexity index is 1750. The molecular weight excluding hydrogens is 549 g/mol. The lowest BCUT2D eigenvalue weighted by Gasteiger charge is -2.19. The molecule has 1 atom stereocenters. The summed E-state index contributed by atoms with van der Waals surface area (Å²) in [5, 5.41) is 13.9. The van der Waals surface area contributed by atoms with Crippen LogP contribution >= 0.6 is 23.2 Å². The lowest BCUT2D eigenvalue weighted by atomic mass is 10.1. The van der Waals surface area contributed by atoms with Gasteiger partial charge in [0.15, 0.2) is 17.2 Å². The molecule has 204 valence electrons. The van der Waals surface area contributed by atoms with Gasteiger partial charge in [-0.05, 0) is 75.6 Å². The zero-order chi connectivity index (χ0) is 27.5. The Morgan fingerprint density at radius 3 is 2.60 bits per heavy atom. The third-order valence-electron chi connectivity index (χ3n) is 7.76. The minimum absolute atomic E-state index is 0.0648. The molecule has 0 bridgehead atoms. The number of carbonyl (C=O) groups excluding carboxylic acids is 1. The fraction of sp³-hybridized carbons (Fsp3) is 0.310. The third kappa shape index (κ3) is 4.43. The standard InChI is InChI=1S/C29H27Cl2N7O2/c1-16-3-4-17(2)38(16)28-23-11-19(30)12-25(26(23)40-35-28)36-10-9-20(14-36)33-29(39)22-8-7-21(13-24(22)31)37-15-32-27(34-37)18-5-6-18/h3-4,7-8,11-13,15,18,20H,5-6,9-10,14H2,1-2H3,(H,33,39)/t20-/m1/s1. The second-order valence-corrected chi connectivity index (χ2v) is 11.5. The average molecular weight is 576 g/mol. The van der Waals surface area contributed by atoms with E-state index in [2.05, 4.69) is 30.0 Å². The van der Waals surface area contributed by atoms with E-state index in [-0.39, 0.29) is 11.9 Å². The molecule has 1 saturated heterocycles. The van der Waals surface area contributed by atoms with Crippen LogP contribution in [0.3, 0.4) is 0 Å². The zero-order valence-electron chi connectivity index (χ0n) is 22.1. The average Bonchev–Trinajstić information content (AvgIpc) is 3.26. The largest absolute Gasteiger partial charge is 0.366 e. The third-order valence-corrected chi connectivity index (χ3v) is 8.29. The summed E-state index contributed by atoms with van der Waals surface area (Å²) in [6, 6.07) is 13.1. The number of benzene rings is 2. The van der Waals surface area contributed by atoms with Crippen molar-refractivity contribution in [2.24, 2.45) is 0 Å². The van der Waals surface area contributed by atoms with Gasteiger partial charge in [0.1, 0.15) is 6.33 Å². The van der Waals surface area contributed by atoms with Crippen molar-refractivity contribution >= 4 is 45.8 Å². The quantitative estimate of drug-likeness (QED) is 0.266. The summed E-state index contributed by atoms with van der Waals surface area (Å²) < 4.78 is 9.62. The minimum atomic E-state index is -0.211. The van der Waals surface area contributed by atoms with Crippen molar-refractivity contribution in [1.29, 1.82) is 0 Å². The SMILES string of the molecule is Cc1ccc(C)n1-c1noc2c(N3CC[C@@H](NC(=O)c4ccc(-n5cnc(C6CC6)n5)cc4Cl)C3)cc(Cl)cc12. The molecule has 1 N–H and O–H groups in total. The summed E-state index contributed by atoms with van der Waals surface area (Å²) >= 11 is 13.1. The number of aromatic nitrogens is 5. The number of carbonyl (C=O) groups is 1. The number of anilines is 1. The van der Waals surface area contributed by atoms with Crippen molar-refractivity contribution in [3.63, 3.8) is 0 Å². The predicted octanol–water partition coefficient (Wildman–Crippen LogP) is 6.01. The number of amides is 1. The Kier molecular flexibility index (Phi) is 6.09. The van der Waals surface area contributed by atoms with Crippen LogP contribution in [0.15, 0.2) is 53.3 Å². The van der Waals surface area contributed by atoms with Gasteiger partial charge in [0.25, 0.3) is 5.91 Å². The molecule has 1 saturated carbocycles. The fourth-order valence-electron chi connectivity index (χ4n) is 5.50. The highest BCUT2D eigenvalue weighted by Gasteiger charge is 2.29. The molecule has 9 nitrogen and oxygen atoms in total. The first-order valence-corrected chi connectivity index (χ1v) is 14.1. The van der Waals surface area contributed by atoms with Crippen LogP contribution in [0, 0.1) is 13.8 Å². The summed E-state index contributed by atoms with van der Waals surface area (Å²) in [5.74, 6) is 1.83. The molecule has 2 aliphatic rings. The van der Waals surface area contributed by atoms with Crippen LogP contribution in [-0.2, 0) is 0 Å². The number of rotatable bonds is 6. The Balaban J connectivity index is 1.08. The molecular formula is C29H27Cl2N7O2. The molecule has 2 aromatic carbocycles. The normalized spacial score (nSPS) is 17.2. The molecule has 0 radical (unpaired) electrons. The van der Waals surface area contributed by atoms with Crippen LogP contribution in [0.1, 0.15) is 52.8 Å². The first kappa shape index (κ1) is 25.2. The number of halogens is 2. The zero-order valence-corrected chi connectivity index (χ0v) is 23.6. The van der Waals surface area contributed by atoms with Crippen molar-refractivity contribution in [3.05, 3.63) is 81.6 Å². The van der Waals surface area contributed by atoms with Crippen LogP contribution in [-0.4, -0.2) is 49.5 Å². The number of aryl methyl sites for hydroxylation is 2. The minimum Gasteiger partial charge on any atom is -0.366 e. The van der Waals surface area contributed by atoms with Crippen LogP contribution in [0.5, 0.6) is 0 Å². The van der Waals surface area contributed by atoms with Crippen LogP contribution in [0.2, 0.25) is 10.0 Å². The van der Waals surface area contributed by atoms with Gasteiger partial charge in [-0.25, -0.2) is 9.67 Å². The second kappa shape index (κ2) is 9.67.